The van der Waals surface area contributed by atoms with Gasteiger partial charge in [0.1, 0.15) is 5.75 Å². The van der Waals surface area contributed by atoms with Crippen molar-refractivity contribution >= 4 is 10.9 Å². The highest BCUT2D eigenvalue weighted by atomic mass is 16.5. The molecule has 1 heterocycles. The molecule has 2 rings (SSSR count). The number of benzene rings is 1. The second-order valence-corrected chi connectivity index (χ2v) is 4.96. The summed E-state index contributed by atoms with van der Waals surface area (Å²) in [6, 6.07) is 8.22. The molecular formula is C15H19NO. The molecule has 0 atom stereocenters. The lowest BCUT2D eigenvalue weighted by Gasteiger charge is -2.10. The lowest BCUT2D eigenvalue weighted by Crippen LogP contribution is -2.04. The minimum atomic E-state index is 0.544. The van der Waals surface area contributed by atoms with Crippen molar-refractivity contribution in [3.63, 3.8) is 0 Å². The summed E-state index contributed by atoms with van der Waals surface area (Å²) in [5, 5.41) is 1.18. The number of nitrogens with zero attached hydrogens (tertiary/aromatic N) is 1. The van der Waals surface area contributed by atoms with Crippen LogP contribution in [0.25, 0.3) is 10.9 Å². The van der Waals surface area contributed by atoms with Crippen LogP contribution in [0.1, 0.15) is 25.1 Å². The molecule has 0 radical (unpaired) electrons. The summed E-state index contributed by atoms with van der Waals surface area (Å²) < 4.78 is 5.73. The normalized spacial score (nSPS) is 11.1. The van der Waals surface area contributed by atoms with E-state index in [9.17, 15) is 0 Å². The van der Waals surface area contributed by atoms with E-state index in [0.717, 1.165) is 23.6 Å². The van der Waals surface area contributed by atoms with Gasteiger partial charge >= 0.3 is 0 Å². The summed E-state index contributed by atoms with van der Waals surface area (Å²) in [6.45, 7) is 9.19. The molecule has 1 aromatic carbocycles. The van der Waals surface area contributed by atoms with Crippen molar-refractivity contribution < 1.29 is 4.74 Å². The fraction of sp³-hybridized carbons (Fsp3) is 0.400. The fourth-order valence-corrected chi connectivity index (χ4v) is 1.89. The Balaban J connectivity index is 2.36. The lowest BCUT2D eigenvalue weighted by molar-refractivity contribution is 0.271. The number of aromatic nitrogens is 1. The number of hydrogen-bond donors (Lipinski definition) is 0. The molecule has 17 heavy (non-hydrogen) atoms. The van der Waals surface area contributed by atoms with Gasteiger partial charge in [0.25, 0.3) is 0 Å². The van der Waals surface area contributed by atoms with Gasteiger partial charge in [0, 0.05) is 11.1 Å². The second kappa shape index (κ2) is 4.74. The minimum absolute atomic E-state index is 0.544. The Morgan fingerprint density at radius 1 is 1.18 bits per heavy atom. The average molecular weight is 229 g/mol. The van der Waals surface area contributed by atoms with Gasteiger partial charge in [-0.3, -0.25) is 4.98 Å². The summed E-state index contributed by atoms with van der Waals surface area (Å²) >= 11 is 0. The molecular weight excluding hydrogens is 210 g/mol. The Labute approximate surface area is 103 Å². The molecule has 1 aromatic heterocycles. The highest BCUT2D eigenvalue weighted by Crippen LogP contribution is 2.23. The third kappa shape index (κ3) is 2.76. The molecule has 0 bridgehead atoms. The summed E-state index contributed by atoms with van der Waals surface area (Å²) in [7, 11) is 0. The first-order valence-electron chi connectivity index (χ1n) is 6.07. The van der Waals surface area contributed by atoms with Crippen LogP contribution in [0.2, 0.25) is 0 Å². The van der Waals surface area contributed by atoms with Gasteiger partial charge in [-0.15, -0.1) is 0 Å². The van der Waals surface area contributed by atoms with Crippen LogP contribution >= 0.6 is 0 Å². The highest BCUT2D eigenvalue weighted by Gasteiger charge is 2.03. The molecule has 0 saturated carbocycles. The standard InChI is InChI=1S/C15H19NO/c1-10(2)9-17-13-5-6-15-14(8-13)11(3)7-12(4)16-15/h5-8,10H,9H2,1-4H3. The van der Waals surface area contributed by atoms with Gasteiger partial charge < -0.3 is 4.74 Å². The van der Waals surface area contributed by atoms with Gasteiger partial charge in [-0.2, -0.15) is 0 Å². The smallest absolute Gasteiger partial charge is 0.120 e. The van der Waals surface area contributed by atoms with Crippen molar-refractivity contribution in [3.05, 3.63) is 35.5 Å². The third-order valence-corrected chi connectivity index (χ3v) is 2.70. The molecule has 0 amide bonds. The molecule has 0 spiro atoms. The molecule has 0 aliphatic heterocycles. The summed E-state index contributed by atoms with van der Waals surface area (Å²) in [6.07, 6.45) is 0. The fourth-order valence-electron chi connectivity index (χ4n) is 1.89. The Bertz CT molecular complexity index is 532. The van der Waals surface area contributed by atoms with E-state index in [1.807, 2.05) is 19.1 Å². The Morgan fingerprint density at radius 3 is 2.65 bits per heavy atom. The van der Waals surface area contributed by atoms with Crippen LogP contribution in [0.3, 0.4) is 0 Å². The van der Waals surface area contributed by atoms with Gasteiger partial charge in [0.2, 0.25) is 0 Å². The first-order valence-corrected chi connectivity index (χ1v) is 6.07. The predicted molar refractivity (Wildman–Crippen MR) is 71.6 cm³/mol. The SMILES string of the molecule is Cc1cc(C)c2cc(OCC(C)C)ccc2n1. The topological polar surface area (TPSA) is 22.1 Å². The van der Waals surface area contributed by atoms with Crippen molar-refractivity contribution in [3.8, 4) is 5.75 Å². The van der Waals surface area contributed by atoms with E-state index in [0.29, 0.717) is 5.92 Å². The van der Waals surface area contributed by atoms with E-state index in [4.69, 9.17) is 4.74 Å². The van der Waals surface area contributed by atoms with Gasteiger partial charge in [-0.1, -0.05) is 13.8 Å². The third-order valence-electron chi connectivity index (χ3n) is 2.70. The van der Waals surface area contributed by atoms with E-state index in [1.165, 1.54) is 10.9 Å². The van der Waals surface area contributed by atoms with E-state index in [1.54, 1.807) is 0 Å². The zero-order chi connectivity index (χ0) is 12.4. The second-order valence-electron chi connectivity index (χ2n) is 4.96. The van der Waals surface area contributed by atoms with Gasteiger partial charge in [0.05, 0.1) is 12.1 Å². The zero-order valence-electron chi connectivity index (χ0n) is 10.9. The van der Waals surface area contributed by atoms with Crippen molar-refractivity contribution in [2.75, 3.05) is 6.61 Å². The molecule has 0 unspecified atom stereocenters. The summed E-state index contributed by atoms with van der Waals surface area (Å²) in [4.78, 5) is 4.52. The maximum absolute atomic E-state index is 5.73. The van der Waals surface area contributed by atoms with Crippen molar-refractivity contribution in [2.45, 2.75) is 27.7 Å². The molecule has 0 saturated heterocycles. The van der Waals surface area contributed by atoms with E-state index in [-0.39, 0.29) is 0 Å². The Kier molecular flexibility index (Phi) is 3.32. The molecule has 0 aliphatic rings. The first-order chi connectivity index (χ1) is 8.06. The highest BCUT2D eigenvalue weighted by molar-refractivity contribution is 5.83. The van der Waals surface area contributed by atoms with Crippen LogP contribution < -0.4 is 4.74 Å². The van der Waals surface area contributed by atoms with Gasteiger partial charge in [-0.25, -0.2) is 0 Å². The number of ether oxygens (including phenoxy) is 1. The summed E-state index contributed by atoms with van der Waals surface area (Å²) in [5.74, 6) is 1.47. The maximum atomic E-state index is 5.73. The summed E-state index contributed by atoms with van der Waals surface area (Å²) in [5.41, 5.74) is 3.35. The zero-order valence-corrected chi connectivity index (χ0v) is 10.9. The van der Waals surface area contributed by atoms with Crippen LogP contribution in [-0.2, 0) is 0 Å². The Morgan fingerprint density at radius 2 is 1.94 bits per heavy atom. The molecule has 2 aromatic rings. The van der Waals surface area contributed by atoms with Crippen LogP contribution in [0.15, 0.2) is 24.3 Å². The number of pyridine rings is 1. The van der Waals surface area contributed by atoms with Gasteiger partial charge in [0.15, 0.2) is 0 Å². The number of fused-ring (bicyclic) bond motifs is 1. The molecule has 90 valence electrons. The molecule has 0 N–H and O–H groups in total. The van der Waals surface area contributed by atoms with Crippen molar-refractivity contribution in [1.82, 2.24) is 4.98 Å². The maximum Gasteiger partial charge on any atom is 0.120 e. The Hall–Kier alpha value is -1.57. The van der Waals surface area contributed by atoms with E-state index < -0.39 is 0 Å². The van der Waals surface area contributed by atoms with E-state index >= 15 is 0 Å². The predicted octanol–water partition coefficient (Wildman–Crippen LogP) is 3.89. The van der Waals surface area contributed by atoms with Crippen LogP contribution in [0.4, 0.5) is 0 Å². The quantitative estimate of drug-likeness (QED) is 0.796. The monoisotopic (exact) mass is 229 g/mol. The van der Waals surface area contributed by atoms with E-state index in [2.05, 4.69) is 37.9 Å². The molecule has 2 nitrogen and oxygen atoms in total. The number of aryl methyl sites for hydroxylation is 2. The first kappa shape index (κ1) is 11.9. The molecule has 0 fully saturated rings. The van der Waals surface area contributed by atoms with Crippen molar-refractivity contribution in [2.24, 2.45) is 5.92 Å². The van der Waals surface area contributed by atoms with Crippen LogP contribution in [-0.4, -0.2) is 11.6 Å². The molecule has 2 heteroatoms. The van der Waals surface area contributed by atoms with Crippen LogP contribution in [0, 0.1) is 19.8 Å². The van der Waals surface area contributed by atoms with Crippen molar-refractivity contribution in [1.29, 1.82) is 0 Å². The molecule has 0 aliphatic carbocycles. The average Bonchev–Trinajstić information content (AvgIpc) is 2.26. The largest absolute Gasteiger partial charge is 0.493 e. The minimum Gasteiger partial charge on any atom is -0.493 e. The van der Waals surface area contributed by atoms with Gasteiger partial charge in [-0.05, 0) is 49.6 Å². The lowest BCUT2D eigenvalue weighted by atomic mass is 10.1. The van der Waals surface area contributed by atoms with Crippen LogP contribution in [0.5, 0.6) is 5.75 Å². The number of hydrogen-bond acceptors (Lipinski definition) is 2. The number of rotatable bonds is 3.